The first kappa shape index (κ1) is 54.1. The summed E-state index contributed by atoms with van der Waals surface area (Å²) in [7, 11) is 0. The van der Waals surface area contributed by atoms with Crippen molar-refractivity contribution in [3.63, 3.8) is 0 Å². The van der Waals surface area contributed by atoms with E-state index in [-0.39, 0.29) is 50.5 Å². The topological polar surface area (TPSA) is 389 Å². The molecule has 0 bridgehead atoms. The molecule has 1 aliphatic heterocycles. The number of phenolic OH excluding ortho intramolecular Hbond substituents is 1. The molecule has 1 aromatic heterocycles. The molecule has 24 nitrogen and oxygen atoms in total. The molecule has 0 unspecified atom stereocenters. The fraction of sp³-hybridized carbons (Fsp3) is 0.558. The van der Waals surface area contributed by atoms with Crippen LogP contribution in [-0.2, 0) is 56.0 Å². The van der Waals surface area contributed by atoms with Gasteiger partial charge in [0.1, 0.15) is 48.0 Å². The summed E-state index contributed by atoms with van der Waals surface area (Å²) in [6, 6.07) is -3.18. The average Bonchev–Trinajstić information content (AvgIpc) is 3.98. The molecule has 2 heterocycles. The summed E-state index contributed by atoms with van der Waals surface area (Å²) >= 11 is 0. The number of hydrogen-bond acceptors (Lipinski definition) is 12. The number of nitrogens with one attached hydrogen (secondary N) is 7. The standard InChI is InChI=1S/C43H65N13O11/c1-6-23(4)35(41(66)53-31(18-26-20-47-21-49-26)42(67)56-16-8-10-32(56)36(44)61)55-39(64)29(17-25-11-13-27(58)14-12-25)52-40(65)34(22(2)3)54-37(62)28(9-7-15-48-43(45)46)51-38(63)30(19-33(59)60)50-24(5)57/h11-14,20-23,28-32,34-35,58H,6-10,15-19H2,1-5H3,(H2,44,61)(H,47,49)(H,50,57)(H,51,63)(H,52,65)(H,53,66)(H,54,62)(H,55,64)(H,59,60)(H4,45,46,48)/t23-,28-,29-,30-,31-,32-,34-,35-/m0/s1. The Balaban J connectivity index is 1.93. The Morgan fingerprint density at radius 1 is 0.806 bits per heavy atom. The number of phenols is 1. The monoisotopic (exact) mass is 939 g/mol. The third kappa shape index (κ3) is 17.2. The van der Waals surface area contributed by atoms with Crippen LogP contribution in [0.4, 0.5) is 0 Å². The van der Waals surface area contributed by atoms with Crippen LogP contribution in [0.1, 0.15) is 84.4 Å². The van der Waals surface area contributed by atoms with E-state index in [4.69, 9.17) is 17.2 Å². The Morgan fingerprint density at radius 2 is 1.40 bits per heavy atom. The van der Waals surface area contributed by atoms with E-state index in [9.17, 15) is 53.4 Å². The van der Waals surface area contributed by atoms with Gasteiger partial charge in [-0.3, -0.25) is 48.1 Å². The highest BCUT2D eigenvalue weighted by Gasteiger charge is 2.39. The lowest BCUT2D eigenvalue weighted by Crippen LogP contribution is -2.62. The maximum Gasteiger partial charge on any atom is 0.305 e. The molecule has 2 aromatic rings. The van der Waals surface area contributed by atoms with Crippen LogP contribution in [0.3, 0.4) is 0 Å². The highest BCUT2D eigenvalue weighted by molar-refractivity contribution is 5.98. The number of aromatic amines is 1. The van der Waals surface area contributed by atoms with Gasteiger partial charge in [0.25, 0.3) is 0 Å². The summed E-state index contributed by atoms with van der Waals surface area (Å²) in [5, 5.41) is 34.9. The predicted molar refractivity (Wildman–Crippen MR) is 242 cm³/mol. The van der Waals surface area contributed by atoms with E-state index in [0.717, 1.165) is 6.92 Å². The maximum atomic E-state index is 14.4. The Hall–Kier alpha value is -7.27. The van der Waals surface area contributed by atoms with Gasteiger partial charge in [-0.2, -0.15) is 0 Å². The second kappa shape index (κ2) is 26.0. The van der Waals surface area contributed by atoms with Crippen molar-refractivity contribution in [2.24, 2.45) is 34.0 Å². The van der Waals surface area contributed by atoms with Gasteiger partial charge in [0.05, 0.1) is 12.7 Å². The number of benzene rings is 1. The minimum atomic E-state index is -1.55. The van der Waals surface area contributed by atoms with E-state index >= 15 is 0 Å². The van der Waals surface area contributed by atoms with Crippen LogP contribution in [0, 0.1) is 11.8 Å². The molecule has 24 heteroatoms. The summed E-state index contributed by atoms with van der Waals surface area (Å²) in [6.45, 7) is 8.10. The summed E-state index contributed by atoms with van der Waals surface area (Å²) in [5.74, 6) is -9.01. The number of nitrogens with zero attached hydrogens (tertiary/aromatic N) is 3. The number of H-pyrrole nitrogens is 1. The molecule has 1 aliphatic rings. The predicted octanol–water partition coefficient (Wildman–Crippen LogP) is -2.46. The summed E-state index contributed by atoms with van der Waals surface area (Å²) in [6.07, 6.45) is 3.22. The largest absolute Gasteiger partial charge is 0.508 e. The number of aromatic hydroxyl groups is 1. The van der Waals surface area contributed by atoms with Gasteiger partial charge in [-0.15, -0.1) is 0 Å². The van der Waals surface area contributed by atoms with E-state index in [0.29, 0.717) is 30.5 Å². The number of imidazole rings is 1. The number of carboxylic acid groups (broad SMARTS) is 1. The molecule has 0 spiro atoms. The third-order valence-corrected chi connectivity index (χ3v) is 11.2. The number of aromatic nitrogens is 2. The number of aliphatic imine (C=N–C) groups is 1. The van der Waals surface area contributed by atoms with Crippen LogP contribution in [0.5, 0.6) is 5.75 Å². The highest BCUT2D eigenvalue weighted by atomic mass is 16.4. The van der Waals surface area contributed by atoms with Gasteiger partial charge >= 0.3 is 5.97 Å². The molecule has 368 valence electrons. The van der Waals surface area contributed by atoms with E-state index in [1.54, 1.807) is 27.7 Å². The van der Waals surface area contributed by atoms with Gasteiger partial charge in [0.15, 0.2) is 5.96 Å². The SMILES string of the molecule is CC[C@H](C)[C@H](NC(=O)[C@H](Cc1ccc(O)cc1)NC(=O)[C@@H](NC(=O)[C@H](CCCN=C(N)N)NC(=O)[C@H](CC(=O)O)NC(C)=O)C(C)C)C(=O)N[C@@H](Cc1cnc[nH]1)C(=O)N1CCC[C@H]1C(N)=O. The molecule has 8 atom stereocenters. The molecule has 15 N–H and O–H groups in total. The van der Waals surface area contributed by atoms with E-state index in [1.165, 1.54) is 41.7 Å². The maximum absolute atomic E-state index is 14.4. The Kier molecular flexibility index (Phi) is 21.0. The fourth-order valence-corrected chi connectivity index (χ4v) is 7.36. The molecule has 8 amide bonds. The fourth-order valence-electron chi connectivity index (χ4n) is 7.36. The van der Waals surface area contributed by atoms with Crippen molar-refractivity contribution in [1.29, 1.82) is 0 Å². The number of nitrogens with two attached hydrogens (primary N) is 3. The van der Waals surface area contributed by atoms with Crippen LogP contribution in [0.25, 0.3) is 0 Å². The first-order valence-corrected chi connectivity index (χ1v) is 22.0. The number of carboxylic acids is 1. The van der Waals surface area contributed by atoms with Crippen LogP contribution >= 0.6 is 0 Å². The number of likely N-dealkylation sites (tertiary alicyclic amines) is 1. The Labute approximate surface area is 387 Å². The van der Waals surface area contributed by atoms with Gasteiger partial charge in [0, 0.05) is 44.7 Å². The summed E-state index contributed by atoms with van der Waals surface area (Å²) in [5.41, 5.74) is 17.5. The molecular formula is C43H65N13O11. The van der Waals surface area contributed by atoms with Gasteiger partial charge in [-0.25, -0.2) is 4.98 Å². The number of guanidine groups is 1. The van der Waals surface area contributed by atoms with Gasteiger partial charge < -0.3 is 69.2 Å². The lowest BCUT2D eigenvalue weighted by molar-refractivity contribution is -0.141. The zero-order chi connectivity index (χ0) is 50.0. The van der Waals surface area contributed by atoms with Crippen molar-refractivity contribution >= 4 is 59.2 Å². The minimum Gasteiger partial charge on any atom is -0.508 e. The number of carbonyl (C=O) groups is 9. The lowest BCUT2D eigenvalue weighted by Gasteiger charge is -2.31. The molecule has 1 fully saturated rings. The van der Waals surface area contributed by atoms with Crippen LogP contribution in [-0.4, -0.2) is 140 Å². The van der Waals surface area contributed by atoms with E-state index in [2.05, 4.69) is 46.9 Å². The Bertz CT molecular complexity index is 2060. The molecule has 0 aliphatic carbocycles. The van der Waals surface area contributed by atoms with Gasteiger partial charge in [-0.1, -0.05) is 46.2 Å². The quantitative estimate of drug-likeness (QED) is 0.0265. The average molecular weight is 940 g/mol. The van der Waals surface area contributed by atoms with Crippen molar-refractivity contribution in [3.8, 4) is 5.75 Å². The first-order chi connectivity index (χ1) is 31.6. The molecule has 1 aromatic carbocycles. The van der Waals surface area contributed by atoms with E-state index in [1.807, 2.05) is 0 Å². The number of hydrogen-bond donors (Lipinski definition) is 12. The summed E-state index contributed by atoms with van der Waals surface area (Å²) in [4.78, 5) is 132. The smallest absolute Gasteiger partial charge is 0.305 e. The molecule has 0 saturated carbocycles. The third-order valence-electron chi connectivity index (χ3n) is 11.2. The summed E-state index contributed by atoms with van der Waals surface area (Å²) < 4.78 is 0. The van der Waals surface area contributed by atoms with Crippen molar-refractivity contribution < 1.29 is 53.4 Å². The van der Waals surface area contributed by atoms with Crippen molar-refractivity contribution in [2.45, 2.75) is 128 Å². The molecule has 3 rings (SSSR count). The van der Waals surface area contributed by atoms with Crippen LogP contribution < -0.4 is 49.1 Å². The number of rotatable bonds is 26. The van der Waals surface area contributed by atoms with Gasteiger partial charge in [0.2, 0.25) is 47.3 Å². The number of aliphatic carboxylic acids is 1. The lowest BCUT2D eigenvalue weighted by atomic mass is 9.96. The zero-order valence-electron chi connectivity index (χ0n) is 38.4. The molecule has 67 heavy (non-hydrogen) atoms. The zero-order valence-corrected chi connectivity index (χ0v) is 38.4. The second-order valence-corrected chi connectivity index (χ2v) is 16.8. The van der Waals surface area contributed by atoms with E-state index < -0.39 is 114 Å². The van der Waals surface area contributed by atoms with Crippen LogP contribution in [0.15, 0.2) is 41.8 Å². The molecule has 0 radical (unpaired) electrons. The number of carbonyl (C=O) groups excluding carboxylic acids is 8. The van der Waals surface area contributed by atoms with Crippen molar-refractivity contribution in [2.75, 3.05) is 13.1 Å². The minimum absolute atomic E-state index is 0.0331. The number of primary amides is 1. The number of amides is 8. The normalized spacial score (nSPS) is 16.4. The van der Waals surface area contributed by atoms with Crippen molar-refractivity contribution in [3.05, 3.63) is 48.0 Å². The molecular weight excluding hydrogens is 875 g/mol. The van der Waals surface area contributed by atoms with Gasteiger partial charge in [-0.05, 0) is 55.2 Å². The van der Waals surface area contributed by atoms with Crippen LogP contribution in [0.2, 0.25) is 0 Å². The highest BCUT2D eigenvalue weighted by Crippen LogP contribution is 2.20. The molecule has 1 saturated heterocycles. The first-order valence-electron chi connectivity index (χ1n) is 22.0. The Morgan fingerprint density at radius 3 is 1.97 bits per heavy atom. The second-order valence-electron chi connectivity index (χ2n) is 16.8. The van der Waals surface area contributed by atoms with Crippen molar-refractivity contribution in [1.82, 2.24) is 46.8 Å².